The van der Waals surface area contributed by atoms with Crippen LogP contribution in [-0.2, 0) is 42.9 Å². The quantitative estimate of drug-likeness (QED) is 0.269. The van der Waals surface area contributed by atoms with Crippen molar-refractivity contribution >= 4 is 30.1 Å². The van der Waals surface area contributed by atoms with Gasteiger partial charge in [0.2, 0.25) is 30.1 Å². The molecule has 1 heterocycles. The molecule has 0 aromatic heterocycles. The third kappa shape index (κ3) is 8.25. The highest BCUT2D eigenvalue weighted by Crippen LogP contribution is 2.28. The molecule has 0 saturated heterocycles. The second-order valence-electron chi connectivity index (χ2n) is 12.3. The minimum atomic E-state index is -4.15. The third-order valence-electron chi connectivity index (χ3n) is 8.82. The molecule has 0 spiro atoms. The molecule has 0 fully saturated rings. The van der Waals surface area contributed by atoms with Crippen LogP contribution in [0.5, 0.6) is 5.75 Å². The molecule has 0 saturated carbocycles. The van der Waals surface area contributed by atoms with Gasteiger partial charge >= 0.3 is 0 Å². The number of methoxy groups -OCH3 is 1. The lowest BCUT2D eigenvalue weighted by molar-refractivity contribution is 0.314. The number of para-hydroxylation sites is 1. The minimum absolute atomic E-state index is 0.0415. The Hall–Kier alpha value is -3.59. The molecule has 0 aliphatic carbocycles. The lowest BCUT2D eigenvalue weighted by Gasteiger charge is -2.30. The standard InChI is InChI=1S/C36H43N3O7S3/c1-28-8-14-33(15-9-28)47(40,41)37-22-20-31-6-5-7-32(36(31)46-4)21-23-38(48(42,43)34-16-10-29(2)11-17-34)25-27-39(26-24-37)49(44,45)35-18-12-30(3)13-19-35/h5-19H,20-27H2,1-4H3. The van der Waals surface area contributed by atoms with E-state index < -0.39 is 30.1 Å². The number of fused-ring (bicyclic) bond motifs is 2. The van der Waals surface area contributed by atoms with Crippen LogP contribution in [-0.4, -0.2) is 84.5 Å². The van der Waals surface area contributed by atoms with Crippen molar-refractivity contribution < 1.29 is 30.0 Å². The lowest BCUT2D eigenvalue weighted by atomic mass is 10.0. The summed E-state index contributed by atoms with van der Waals surface area (Å²) in [5.74, 6) is 0.573. The van der Waals surface area contributed by atoms with Gasteiger partial charge < -0.3 is 4.74 Å². The Labute approximate surface area is 291 Å². The Bertz CT molecular complexity index is 1970. The van der Waals surface area contributed by atoms with Crippen molar-refractivity contribution in [2.45, 2.75) is 48.3 Å². The van der Waals surface area contributed by atoms with Gasteiger partial charge in [-0.25, -0.2) is 25.3 Å². The molecule has 5 rings (SSSR count). The summed E-state index contributed by atoms with van der Waals surface area (Å²) in [5.41, 5.74) is 4.21. The first-order valence-corrected chi connectivity index (χ1v) is 20.4. The van der Waals surface area contributed by atoms with E-state index in [0.717, 1.165) is 27.8 Å². The first-order valence-electron chi connectivity index (χ1n) is 16.1. The predicted molar refractivity (Wildman–Crippen MR) is 190 cm³/mol. The first-order chi connectivity index (χ1) is 23.2. The highest BCUT2D eigenvalue weighted by molar-refractivity contribution is 7.89. The molecule has 0 unspecified atom stereocenters. The summed E-state index contributed by atoms with van der Waals surface area (Å²) in [6, 6.07) is 25.1. The molecule has 13 heteroatoms. The highest BCUT2D eigenvalue weighted by Gasteiger charge is 2.32. The van der Waals surface area contributed by atoms with E-state index in [4.69, 9.17) is 4.74 Å². The summed E-state index contributed by atoms with van der Waals surface area (Å²) in [6.45, 7) is 5.02. The topological polar surface area (TPSA) is 121 Å². The fourth-order valence-electron chi connectivity index (χ4n) is 5.86. The first kappa shape index (κ1) is 36.7. The summed E-state index contributed by atoms with van der Waals surface area (Å²) in [6.07, 6.45) is 0.580. The molecule has 0 amide bonds. The molecule has 0 radical (unpaired) electrons. The minimum Gasteiger partial charge on any atom is -0.496 e. The van der Waals surface area contributed by atoms with Crippen LogP contribution in [0.25, 0.3) is 0 Å². The van der Waals surface area contributed by atoms with E-state index in [1.54, 1.807) is 67.8 Å². The van der Waals surface area contributed by atoms with Crippen molar-refractivity contribution in [1.82, 2.24) is 12.9 Å². The van der Waals surface area contributed by atoms with Crippen molar-refractivity contribution in [3.05, 3.63) is 119 Å². The molecule has 4 aromatic rings. The van der Waals surface area contributed by atoms with E-state index in [1.807, 2.05) is 39.0 Å². The molecule has 0 atom stereocenters. The molecule has 10 nitrogen and oxygen atoms in total. The van der Waals surface area contributed by atoms with E-state index in [1.165, 1.54) is 25.0 Å². The highest BCUT2D eigenvalue weighted by atomic mass is 32.2. The number of benzene rings is 4. The van der Waals surface area contributed by atoms with Gasteiger partial charge in [0.05, 0.1) is 21.8 Å². The molecule has 4 aromatic carbocycles. The Morgan fingerprint density at radius 1 is 0.449 bits per heavy atom. The average Bonchev–Trinajstić information content (AvgIpc) is 3.07. The van der Waals surface area contributed by atoms with Crippen molar-refractivity contribution in [3.63, 3.8) is 0 Å². The van der Waals surface area contributed by atoms with Crippen LogP contribution in [0.4, 0.5) is 0 Å². The van der Waals surface area contributed by atoms with E-state index >= 15 is 0 Å². The molecule has 2 bridgehead atoms. The molecule has 49 heavy (non-hydrogen) atoms. The van der Waals surface area contributed by atoms with Crippen molar-refractivity contribution in [1.29, 1.82) is 0 Å². The SMILES string of the molecule is COc1c2cccc1CCN(S(=O)(=O)c1ccc(C)cc1)CCN(S(=O)(=O)c1ccc(C)cc1)CCN(S(=O)(=O)c1ccc(C)cc1)CC2. The van der Waals surface area contributed by atoms with Crippen LogP contribution in [0.2, 0.25) is 0 Å². The Kier molecular flexibility index (Phi) is 11.3. The number of nitrogens with zero attached hydrogens (tertiary/aromatic N) is 3. The van der Waals surface area contributed by atoms with Gasteiger partial charge in [-0.15, -0.1) is 0 Å². The van der Waals surface area contributed by atoms with Gasteiger partial charge in [-0.2, -0.15) is 12.9 Å². The maximum atomic E-state index is 14.2. The number of sulfonamides is 3. The largest absolute Gasteiger partial charge is 0.496 e. The summed E-state index contributed by atoms with van der Waals surface area (Å²) < 4.78 is 94.3. The summed E-state index contributed by atoms with van der Waals surface area (Å²) in [7, 11) is -10.7. The normalized spacial score (nSPS) is 16.6. The van der Waals surface area contributed by atoms with Crippen LogP contribution >= 0.6 is 0 Å². The maximum Gasteiger partial charge on any atom is 0.243 e. The van der Waals surface area contributed by atoms with Gasteiger partial charge in [0.25, 0.3) is 0 Å². The number of ether oxygens (including phenoxy) is 1. The third-order valence-corrected chi connectivity index (χ3v) is 14.6. The number of hydrogen-bond donors (Lipinski definition) is 0. The van der Waals surface area contributed by atoms with Gasteiger partial charge in [-0.05, 0) is 81.1 Å². The Morgan fingerprint density at radius 2 is 0.735 bits per heavy atom. The van der Waals surface area contributed by atoms with Crippen molar-refractivity contribution in [2.24, 2.45) is 0 Å². The molecule has 1 aliphatic rings. The molecule has 262 valence electrons. The summed E-state index contributed by atoms with van der Waals surface area (Å²) in [4.78, 5) is 0.242. The zero-order valence-corrected chi connectivity index (χ0v) is 30.7. The number of aryl methyl sites for hydroxylation is 3. The maximum absolute atomic E-state index is 14.2. The van der Waals surface area contributed by atoms with Gasteiger partial charge in [0, 0.05) is 39.3 Å². The lowest BCUT2D eigenvalue weighted by Crippen LogP contribution is -2.46. The summed E-state index contributed by atoms with van der Waals surface area (Å²) >= 11 is 0. The fourth-order valence-corrected chi connectivity index (χ4v) is 10.2. The van der Waals surface area contributed by atoms with Crippen LogP contribution in [0.1, 0.15) is 27.8 Å². The Morgan fingerprint density at radius 3 is 1.02 bits per heavy atom. The van der Waals surface area contributed by atoms with Gasteiger partial charge in [0.15, 0.2) is 0 Å². The summed E-state index contributed by atoms with van der Waals surface area (Å²) in [5, 5.41) is 0. The zero-order chi connectivity index (χ0) is 35.4. The molecular weight excluding hydrogens is 683 g/mol. The van der Waals surface area contributed by atoms with Crippen LogP contribution in [0.15, 0.2) is 106 Å². The number of hydrogen-bond acceptors (Lipinski definition) is 7. The zero-order valence-electron chi connectivity index (χ0n) is 28.2. The fraction of sp³-hybridized carbons (Fsp3) is 0.333. The van der Waals surface area contributed by atoms with Crippen molar-refractivity contribution in [3.8, 4) is 5.75 Å². The van der Waals surface area contributed by atoms with Crippen LogP contribution in [0.3, 0.4) is 0 Å². The predicted octanol–water partition coefficient (Wildman–Crippen LogP) is 4.79. The van der Waals surface area contributed by atoms with Gasteiger partial charge in [-0.3, -0.25) is 0 Å². The second kappa shape index (κ2) is 15.1. The van der Waals surface area contributed by atoms with E-state index in [-0.39, 0.29) is 66.8 Å². The molecule has 0 N–H and O–H groups in total. The second-order valence-corrected chi connectivity index (χ2v) is 18.1. The average molecular weight is 726 g/mol. The molecule has 1 aliphatic heterocycles. The van der Waals surface area contributed by atoms with Gasteiger partial charge in [-0.1, -0.05) is 71.3 Å². The van der Waals surface area contributed by atoms with Crippen LogP contribution < -0.4 is 4.74 Å². The number of rotatable bonds is 7. The van der Waals surface area contributed by atoms with E-state index in [9.17, 15) is 25.3 Å². The van der Waals surface area contributed by atoms with Gasteiger partial charge in [0.1, 0.15) is 5.75 Å². The van der Waals surface area contributed by atoms with E-state index in [0.29, 0.717) is 5.75 Å². The van der Waals surface area contributed by atoms with E-state index in [2.05, 4.69) is 0 Å². The smallest absolute Gasteiger partial charge is 0.243 e. The van der Waals surface area contributed by atoms with Crippen LogP contribution in [0, 0.1) is 20.8 Å². The van der Waals surface area contributed by atoms with Crippen molar-refractivity contribution in [2.75, 3.05) is 46.4 Å². The molecular formula is C36H43N3O7S3. The monoisotopic (exact) mass is 725 g/mol. The Balaban J connectivity index is 1.60.